The number of anilines is 1. The van der Waals surface area contributed by atoms with Crippen LogP contribution in [0.2, 0.25) is 5.02 Å². The second-order valence-corrected chi connectivity index (χ2v) is 6.47. The highest BCUT2D eigenvalue weighted by Gasteiger charge is 2.26. The van der Waals surface area contributed by atoms with Crippen LogP contribution in [0.5, 0.6) is 0 Å². The molecule has 0 saturated carbocycles. The van der Waals surface area contributed by atoms with Gasteiger partial charge in [0.05, 0.1) is 5.69 Å². The number of nitrogens with one attached hydrogen (secondary N) is 1. The molecule has 1 aromatic carbocycles. The van der Waals surface area contributed by atoms with Crippen LogP contribution in [0.1, 0.15) is 16.8 Å². The SMILES string of the molecule is Cc1cc(CNc2ccnc(CN3CC(C=O)C3)c2)ccc1Cl. The Morgan fingerprint density at radius 2 is 2.17 bits per heavy atom. The highest BCUT2D eigenvalue weighted by molar-refractivity contribution is 6.31. The molecule has 0 bridgehead atoms. The topological polar surface area (TPSA) is 45.2 Å². The molecule has 4 nitrogen and oxygen atoms in total. The quantitative estimate of drug-likeness (QED) is 0.826. The molecule has 1 aliphatic heterocycles. The molecular weight excluding hydrogens is 310 g/mol. The summed E-state index contributed by atoms with van der Waals surface area (Å²) in [5, 5.41) is 4.21. The highest BCUT2D eigenvalue weighted by Crippen LogP contribution is 2.19. The van der Waals surface area contributed by atoms with E-state index in [1.165, 1.54) is 5.56 Å². The Labute approximate surface area is 141 Å². The van der Waals surface area contributed by atoms with E-state index in [9.17, 15) is 4.79 Å². The number of pyridine rings is 1. The molecular formula is C18H20ClN3O. The minimum absolute atomic E-state index is 0.199. The van der Waals surface area contributed by atoms with Crippen molar-refractivity contribution in [3.05, 3.63) is 58.4 Å². The number of aromatic nitrogens is 1. The second-order valence-electron chi connectivity index (χ2n) is 6.06. The van der Waals surface area contributed by atoms with Gasteiger partial charge in [0.15, 0.2) is 0 Å². The van der Waals surface area contributed by atoms with Gasteiger partial charge in [-0.25, -0.2) is 0 Å². The fourth-order valence-electron chi connectivity index (χ4n) is 2.75. The van der Waals surface area contributed by atoms with Crippen molar-refractivity contribution in [3.8, 4) is 0 Å². The zero-order chi connectivity index (χ0) is 16.2. The van der Waals surface area contributed by atoms with E-state index >= 15 is 0 Å². The Balaban J connectivity index is 1.57. The number of carbonyl (C=O) groups is 1. The number of hydrogen-bond acceptors (Lipinski definition) is 4. The van der Waals surface area contributed by atoms with Crippen LogP contribution in [0.3, 0.4) is 0 Å². The van der Waals surface area contributed by atoms with Gasteiger partial charge in [0.25, 0.3) is 0 Å². The lowest BCUT2D eigenvalue weighted by atomic mass is 10.0. The summed E-state index contributed by atoms with van der Waals surface area (Å²) in [5.74, 6) is 0.199. The van der Waals surface area contributed by atoms with Crippen LogP contribution >= 0.6 is 11.6 Å². The van der Waals surface area contributed by atoms with Crippen LogP contribution in [0.15, 0.2) is 36.5 Å². The number of rotatable bonds is 6. The number of halogens is 1. The third kappa shape index (κ3) is 4.09. The summed E-state index contributed by atoms with van der Waals surface area (Å²) in [6, 6.07) is 10.1. The molecule has 1 N–H and O–H groups in total. The normalized spacial score (nSPS) is 15.2. The van der Waals surface area contributed by atoms with E-state index in [0.29, 0.717) is 0 Å². The first-order valence-corrected chi connectivity index (χ1v) is 8.13. The van der Waals surface area contributed by atoms with Gasteiger partial charge in [0, 0.05) is 49.0 Å². The zero-order valence-corrected chi connectivity index (χ0v) is 13.9. The predicted molar refractivity (Wildman–Crippen MR) is 92.6 cm³/mol. The number of benzene rings is 1. The molecule has 1 saturated heterocycles. The molecule has 0 unspecified atom stereocenters. The van der Waals surface area contributed by atoms with E-state index in [1.54, 1.807) is 0 Å². The number of hydrogen-bond donors (Lipinski definition) is 1. The van der Waals surface area contributed by atoms with E-state index in [1.807, 2.05) is 31.3 Å². The number of likely N-dealkylation sites (tertiary alicyclic amines) is 1. The molecule has 2 aromatic rings. The minimum Gasteiger partial charge on any atom is -0.381 e. The minimum atomic E-state index is 0.199. The number of aryl methyl sites for hydroxylation is 1. The Kier molecular flexibility index (Phi) is 4.94. The van der Waals surface area contributed by atoms with Crippen molar-refractivity contribution in [2.75, 3.05) is 18.4 Å². The van der Waals surface area contributed by atoms with Crippen LogP contribution in [-0.2, 0) is 17.9 Å². The van der Waals surface area contributed by atoms with Gasteiger partial charge in [-0.05, 0) is 36.2 Å². The molecule has 1 fully saturated rings. The summed E-state index contributed by atoms with van der Waals surface area (Å²) in [5.41, 5.74) is 4.35. The average molecular weight is 330 g/mol. The van der Waals surface area contributed by atoms with Gasteiger partial charge < -0.3 is 10.1 Å². The first-order valence-electron chi connectivity index (χ1n) is 7.75. The van der Waals surface area contributed by atoms with Gasteiger partial charge in [0.2, 0.25) is 0 Å². The lowest BCUT2D eigenvalue weighted by molar-refractivity contribution is -0.115. The fourth-order valence-corrected chi connectivity index (χ4v) is 2.87. The summed E-state index contributed by atoms with van der Waals surface area (Å²) >= 11 is 6.05. The van der Waals surface area contributed by atoms with Gasteiger partial charge in [-0.3, -0.25) is 9.88 Å². The third-order valence-corrected chi connectivity index (χ3v) is 4.52. The van der Waals surface area contributed by atoms with Crippen LogP contribution in [-0.4, -0.2) is 29.3 Å². The summed E-state index contributed by atoms with van der Waals surface area (Å²) in [7, 11) is 0. The summed E-state index contributed by atoms with van der Waals surface area (Å²) < 4.78 is 0. The maximum Gasteiger partial charge on any atom is 0.125 e. The molecule has 0 radical (unpaired) electrons. The monoisotopic (exact) mass is 329 g/mol. The molecule has 3 rings (SSSR count). The lowest BCUT2D eigenvalue weighted by Gasteiger charge is -2.35. The Bertz CT molecular complexity index is 698. The van der Waals surface area contributed by atoms with E-state index in [0.717, 1.165) is 54.4 Å². The molecule has 5 heteroatoms. The van der Waals surface area contributed by atoms with E-state index in [4.69, 9.17) is 11.6 Å². The molecule has 0 aliphatic carbocycles. The average Bonchev–Trinajstić information content (AvgIpc) is 2.52. The first-order chi connectivity index (χ1) is 11.1. The van der Waals surface area contributed by atoms with E-state index in [-0.39, 0.29) is 5.92 Å². The second kappa shape index (κ2) is 7.11. The Morgan fingerprint density at radius 3 is 2.91 bits per heavy atom. The molecule has 0 spiro atoms. The van der Waals surface area contributed by atoms with E-state index < -0.39 is 0 Å². The van der Waals surface area contributed by atoms with Crippen LogP contribution < -0.4 is 5.32 Å². The Morgan fingerprint density at radius 1 is 1.35 bits per heavy atom. The maximum absolute atomic E-state index is 10.6. The van der Waals surface area contributed by atoms with Crippen molar-refractivity contribution in [3.63, 3.8) is 0 Å². The summed E-state index contributed by atoms with van der Waals surface area (Å²) in [4.78, 5) is 17.3. The van der Waals surface area contributed by atoms with Crippen LogP contribution in [0, 0.1) is 12.8 Å². The number of nitrogens with zero attached hydrogens (tertiary/aromatic N) is 2. The maximum atomic E-state index is 10.6. The largest absolute Gasteiger partial charge is 0.381 e. The zero-order valence-electron chi connectivity index (χ0n) is 13.1. The van der Waals surface area contributed by atoms with Gasteiger partial charge in [-0.15, -0.1) is 0 Å². The van der Waals surface area contributed by atoms with E-state index in [2.05, 4.69) is 27.3 Å². The van der Waals surface area contributed by atoms with Gasteiger partial charge in [-0.2, -0.15) is 0 Å². The molecule has 0 atom stereocenters. The third-order valence-electron chi connectivity index (χ3n) is 4.10. The van der Waals surface area contributed by atoms with Gasteiger partial charge in [-0.1, -0.05) is 23.7 Å². The lowest BCUT2D eigenvalue weighted by Crippen LogP contribution is -2.46. The first kappa shape index (κ1) is 16.0. The summed E-state index contributed by atoms with van der Waals surface area (Å²) in [6.07, 6.45) is 2.86. The van der Waals surface area contributed by atoms with Crippen LogP contribution in [0.4, 0.5) is 5.69 Å². The molecule has 0 amide bonds. The van der Waals surface area contributed by atoms with Gasteiger partial charge >= 0.3 is 0 Å². The van der Waals surface area contributed by atoms with Crippen molar-refractivity contribution < 1.29 is 4.79 Å². The smallest absolute Gasteiger partial charge is 0.125 e. The molecule has 120 valence electrons. The fraction of sp³-hybridized carbons (Fsp3) is 0.333. The predicted octanol–water partition coefficient (Wildman–Crippen LogP) is 3.29. The number of carbonyl (C=O) groups excluding carboxylic acids is 1. The van der Waals surface area contributed by atoms with Crippen LogP contribution in [0.25, 0.3) is 0 Å². The molecule has 2 heterocycles. The van der Waals surface area contributed by atoms with Crippen molar-refractivity contribution >= 4 is 23.6 Å². The molecule has 1 aromatic heterocycles. The van der Waals surface area contributed by atoms with Crippen molar-refractivity contribution in [1.29, 1.82) is 0 Å². The molecule has 1 aliphatic rings. The van der Waals surface area contributed by atoms with Crippen molar-refractivity contribution in [2.45, 2.75) is 20.0 Å². The summed E-state index contributed by atoms with van der Waals surface area (Å²) in [6.45, 7) is 5.23. The number of aldehydes is 1. The highest BCUT2D eigenvalue weighted by atomic mass is 35.5. The van der Waals surface area contributed by atoms with Crippen molar-refractivity contribution in [2.24, 2.45) is 5.92 Å². The Hall–Kier alpha value is -1.91. The standard InChI is InChI=1S/C18H20ClN3O/c1-13-6-14(2-3-18(13)19)8-21-16-4-5-20-17(7-16)11-22-9-15(10-22)12-23/h2-7,12,15H,8-11H2,1H3,(H,20,21). The van der Waals surface area contributed by atoms with Crippen molar-refractivity contribution in [1.82, 2.24) is 9.88 Å². The molecule has 23 heavy (non-hydrogen) atoms. The van der Waals surface area contributed by atoms with Gasteiger partial charge in [0.1, 0.15) is 6.29 Å².